The summed E-state index contributed by atoms with van der Waals surface area (Å²) in [6.45, 7) is 0. The third-order valence-corrected chi connectivity index (χ3v) is 4.90. The van der Waals surface area contributed by atoms with Gasteiger partial charge in [0.2, 0.25) is 11.7 Å². The van der Waals surface area contributed by atoms with E-state index in [1.54, 1.807) is 12.1 Å². The van der Waals surface area contributed by atoms with Crippen LogP contribution in [0, 0.1) is 0 Å². The van der Waals surface area contributed by atoms with Gasteiger partial charge in [-0.2, -0.15) is 0 Å². The average Bonchev–Trinajstić information content (AvgIpc) is 2.67. The van der Waals surface area contributed by atoms with E-state index in [0.29, 0.717) is 17.9 Å². The van der Waals surface area contributed by atoms with Crippen LogP contribution in [0.15, 0.2) is 48.5 Å². The van der Waals surface area contributed by atoms with E-state index in [1.165, 1.54) is 14.2 Å². The van der Waals surface area contributed by atoms with Crippen molar-refractivity contribution in [2.24, 2.45) is 0 Å². The van der Waals surface area contributed by atoms with Gasteiger partial charge < -0.3 is 19.9 Å². The predicted octanol–water partition coefficient (Wildman–Crippen LogP) is 4.04. The van der Waals surface area contributed by atoms with Gasteiger partial charge >= 0.3 is 0 Å². The van der Waals surface area contributed by atoms with Crippen molar-refractivity contribution in [1.29, 1.82) is 0 Å². The molecule has 1 amide bonds. The Bertz CT molecular complexity index is 987. The number of rotatable bonds is 3. The standard InChI is InChI=1S/C21H19NO4/c1-25-17-9-13(10-18(26-2)21(17)24)16-11-19(23)22-20-14-6-4-3-5-12(14)7-8-15(16)20/h3-10,16,24H,11H2,1-2H3,(H,22,23). The Morgan fingerprint density at radius 3 is 2.42 bits per heavy atom. The maximum absolute atomic E-state index is 12.4. The third-order valence-electron chi connectivity index (χ3n) is 4.90. The number of anilines is 1. The number of amides is 1. The summed E-state index contributed by atoms with van der Waals surface area (Å²) in [6.07, 6.45) is 0.322. The van der Waals surface area contributed by atoms with Crippen LogP contribution in [-0.4, -0.2) is 25.2 Å². The van der Waals surface area contributed by atoms with E-state index in [9.17, 15) is 9.90 Å². The van der Waals surface area contributed by atoms with Gasteiger partial charge in [0.1, 0.15) is 0 Å². The van der Waals surface area contributed by atoms with E-state index >= 15 is 0 Å². The number of ether oxygens (including phenoxy) is 2. The lowest BCUT2D eigenvalue weighted by atomic mass is 9.83. The van der Waals surface area contributed by atoms with Gasteiger partial charge in [-0.3, -0.25) is 4.79 Å². The number of hydrogen-bond donors (Lipinski definition) is 2. The van der Waals surface area contributed by atoms with E-state index in [4.69, 9.17) is 9.47 Å². The zero-order valence-electron chi connectivity index (χ0n) is 14.6. The summed E-state index contributed by atoms with van der Waals surface area (Å²) < 4.78 is 10.5. The van der Waals surface area contributed by atoms with Crippen LogP contribution in [0.25, 0.3) is 10.8 Å². The van der Waals surface area contributed by atoms with Gasteiger partial charge in [-0.25, -0.2) is 0 Å². The number of aromatic hydroxyl groups is 1. The summed E-state index contributed by atoms with van der Waals surface area (Å²) in [5.74, 6) is 0.426. The average molecular weight is 349 g/mol. The van der Waals surface area contributed by atoms with Crippen molar-refractivity contribution < 1.29 is 19.4 Å². The van der Waals surface area contributed by atoms with E-state index < -0.39 is 0 Å². The highest BCUT2D eigenvalue weighted by Gasteiger charge is 2.29. The highest BCUT2D eigenvalue weighted by molar-refractivity contribution is 6.06. The Kier molecular flexibility index (Phi) is 3.92. The van der Waals surface area contributed by atoms with Gasteiger partial charge in [0.15, 0.2) is 11.5 Å². The Hall–Kier alpha value is -3.21. The lowest BCUT2D eigenvalue weighted by Crippen LogP contribution is -2.23. The summed E-state index contributed by atoms with van der Waals surface area (Å²) in [5, 5.41) is 15.3. The molecule has 1 aliphatic heterocycles. The first-order valence-electron chi connectivity index (χ1n) is 8.38. The molecule has 0 aromatic heterocycles. The van der Waals surface area contributed by atoms with Crippen LogP contribution < -0.4 is 14.8 Å². The number of carbonyl (C=O) groups is 1. The van der Waals surface area contributed by atoms with E-state index in [1.807, 2.05) is 30.3 Å². The third kappa shape index (κ3) is 2.52. The molecule has 5 nitrogen and oxygen atoms in total. The Morgan fingerprint density at radius 2 is 1.73 bits per heavy atom. The molecule has 0 fully saturated rings. The molecule has 132 valence electrons. The molecule has 3 aromatic carbocycles. The van der Waals surface area contributed by atoms with Crippen molar-refractivity contribution in [3.63, 3.8) is 0 Å². The normalized spacial score (nSPS) is 16.1. The fourth-order valence-electron chi connectivity index (χ4n) is 3.62. The topological polar surface area (TPSA) is 67.8 Å². The van der Waals surface area contributed by atoms with Crippen LogP contribution in [0.2, 0.25) is 0 Å². The molecule has 4 rings (SSSR count). The second-order valence-electron chi connectivity index (χ2n) is 6.33. The molecule has 1 heterocycles. The van der Waals surface area contributed by atoms with Gasteiger partial charge in [-0.15, -0.1) is 0 Å². The van der Waals surface area contributed by atoms with Crippen molar-refractivity contribution in [2.75, 3.05) is 19.5 Å². The maximum Gasteiger partial charge on any atom is 0.225 e. The molecule has 2 N–H and O–H groups in total. The number of methoxy groups -OCH3 is 2. The van der Waals surface area contributed by atoms with E-state index in [2.05, 4.69) is 11.4 Å². The Morgan fingerprint density at radius 1 is 1.04 bits per heavy atom. The quantitative estimate of drug-likeness (QED) is 0.749. The molecular weight excluding hydrogens is 330 g/mol. The van der Waals surface area contributed by atoms with Crippen LogP contribution in [0.1, 0.15) is 23.5 Å². The van der Waals surface area contributed by atoms with Crippen molar-refractivity contribution in [3.05, 3.63) is 59.7 Å². The molecule has 0 radical (unpaired) electrons. The van der Waals surface area contributed by atoms with E-state index in [-0.39, 0.29) is 17.6 Å². The highest BCUT2D eigenvalue weighted by Crippen LogP contribution is 2.45. The minimum absolute atomic E-state index is 0.0372. The van der Waals surface area contributed by atoms with Gasteiger partial charge in [-0.05, 0) is 28.6 Å². The molecule has 0 saturated heterocycles. The molecule has 0 spiro atoms. The number of hydrogen-bond acceptors (Lipinski definition) is 4. The number of nitrogens with one attached hydrogen (secondary N) is 1. The van der Waals surface area contributed by atoms with Crippen molar-refractivity contribution >= 4 is 22.4 Å². The Balaban J connectivity index is 1.92. The molecule has 26 heavy (non-hydrogen) atoms. The highest BCUT2D eigenvalue weighted by atomic mass is 16.5. The minimum Gasteiger partial charge on any atom is -0.502 e. The lowest BCUT2D eigenvalue weighted by Gasteiger charge is -2.28. The SMILES string of the molecule is COc1cc(C2CC(=O)Nc3c2ccc2ccccc32)cc(OC)c1O. The summed E-state index contributed by atoms with van der Waals surface area (Å²) in [4.78, 5) is 12.4. The molecule has 1 atom stereocenters. The van der Waals surface area contributed by atoms with Gasteiger partial charge in [0.25, 0.3) is 0 Å². The van der Waals surface area contributed by atoms with Gasteiger partial charge in [0, 0.05) is 17.7 Å². The lowest BCUT2D eigenvalue weighted by molar-refractivity contribution is -0.116. The number of phenolic OH excluding ortho intramolecular Hbond substituents is 1. The molecule has 0 aliphatic carbocycles. The summed E-state index contributed by atoms with van der Waals surface area (Å²) in [5.41, 5.74) is 2.75. The molecule has 1 aliphatic rings. The number of fused-ring (bicyclic) bond motifs is 3. The van der Waals surface area contributed by atoms with Gasteiger partial charge in [0.05, 0.1) is 19.9 Å². The summed E-state index contributed by atoms with van der Waals surface area (Å²) in [7, 11) is 2.99. The van der Waals surface area contributed by atoms with Crippen molar-refractivity contribution in [2.45, 2.75) is 12.3 Å². The summed E-state index contributed by atoms with van der Waals surface area (Å²) in [6, 6.07) is 15.6. The van der Waals surface area contributed by atoms with E-state index in [0.717, 1.165) is 27.6 Å². The number of carbonyl (C=O) groups excluding carboxylic acids is 1. The summed E-state index contributed by atoms with van der Waals surface area (Å²) >= 11 is 0. The molecule has 0 bridgehead atoms. The zero-order valence-corrected chi connectivity index (χ0v) is 14.6. The largest absolute Gasteiger partial charge is 0.502 e. The monoisotopic (exact) mass is 349 g/mol. The molecule has 3 aromatic rings. The maximum atomic E-state index is 12.4. The molecule has 1 unspecified atom stereocenters. The molecule has 5 heteroatoms. The van der Waals surface area contributed by atoms with Crippen LogP contribution in [0.3, 0.4) is 0 Å². The molecular formula is C21H19NO4. The zero-order chi connectivity index (χ0) is 18.3. The second kappa shape index (κ2) is 6.26. The second-order valence-corrected chi connectivity index (χ2v) is 6.33. The predicted molar refractivity (Wildman–Crippen MR) is 100 cm³/mol. The smallest absolute Gasteiger partial charge is 0.225 e. The fraction of sp³-hybridized carbons (Fsp3) is 0.190. The fourth-order valence-corrected chi connectivity index (χ4v) is 3.62. The Labute approximate surface area is 151 Å². The van der Waals surface area contributed by atoms with Crippen molar-refractivity contribution in [3.8, 4) is 17.2 Å². The first kappa shape index (κ1) is 16.3. The van der Waals surface area contributed by atoms with Crippen LogP contribution in [0.5, 0.6) is 17.2 Å². The van der Waals surface area contributed by atoms with Gasteiger partial charge in [-0.1, -0.05) is 36.4 Å². The van der Waals surface area contributed by atoms with Crippen LogP contribution >= 0.6 is 0 Å². The first-order chi connectivity index (χ1) is 12.6. The molecule has 0 saturated carbocycles. The van der Waals surface area contributed by atoms with Crippen LogP contribution in [0.4, 0.5) is 5.69 Å². The van der Waals surface area contributed by atoms with Crippen molar-refractivity contribution in [1.82, 2.24) is 0 Å². The minimum atomic E-state index is -0.147. The number of phenols is 1. The van der Waals surface area contributed by atoms with Crippen LogP contribution in [-0.2, 0) is 4.79 Å². The number of benzene rings is 3. The first-order valence-corrected chi connectivity index (χ1v) is 8.38.